The number of nitrogens with one attached hydrogen (secondary N) is 1. The van der Waals surface area contributed by atoms with Crippen molar-refractivity contribution in [1.29, 1.82) is 0 Å². The Morgan fingerprint density at radius 1 is 1.19 bits per heavy atom. The standard InChI is InChI=1S/C20H21FN2O3/c1-12(2)18(13-7-9-14(21)10-8-13)20(25)22-15-5-4-6-16-19(15)26-11-17(24)23(16)3/h4-10,12,18H,11H2,1-3H3,(H,22,25). The highest BCUT2D eigenvalue weighted by Gasteiger charge is 2.28. The molecule has 1 aliphatic rings. The molecule has 3 rings (SSSR count). The SMILES string of the molecule is CC(C)C(C(=O)Nc1cccc2c1OCC(=O)N2C)c1ccc(F)cc1. The minimum Gasteiger partial charge on any atom is -0.479 e. The fourth-order valence-electron chi connectivity index (χ4n) is 3.12. The van der Waals surface area contributed by atoms with Gasteiger partial charge in [0.2, 0.25) is 5.91 Å². The summed E-state index contributed by atoms with van der Waals surface area (Å²) >= 11 is 0. The number of para-hydroxylation sites is 1. The third-order valence-corrected chi connectivity index (χ3v) is 4.51. The second kappa shape index (κ2) is 7.15. The van der Waals surface area contributed by atoms with E-state index < -0.39 is 5.92 Å². The number of hydrogen-bond donors (Lipinski definition) is 1. The molecule has 0 saturated carbocycles. The summed E-state index contributed by atoms with van der Waals surface area (Å²) in [5.41, 5.74) is 1.87. The molecule has 1 unspecified atom stereocenters. The van der Waals surface area contributed by atoms with Crippen molar-refractivity contribution in [3.63, 3.8) is 0 Å². The summed E-state index contributed by atoms with van der Waals surface area (Å²) in [4.78, 5) is 26.2. The van der Waals surface area contributed by atoms with E-state index in [0.29, 0.717) is 17.1 Å². The Balaban J connectivity index is 1.89. The van der Waals surface area contributed by atoms with Gasteiger partial charge in [-0.15, -0.1) is 0 Å². The summed E-state index contributed by atoms with van der Waals surface area (Å²) in [7, 11) is 1.67. The molecule has 1 aliphatic heterocycles. The highest BCUT2D eigenvalue weighted by Crippen LogP contribution is 2.38. The lowest BCUT2D eigenvalue weighted by Gasteiger charge is -2.28. The van der Waals surface area contributed by atoms with Crippen molar-refractivity contribution in [2.24, 2.45) is 5.92 Å². The highest BCUT2D eigenvalue weighted by molar-refractivity contribution is 6.02. The number of carbonyl (C=O) groups excluding carboxylic acids is 2. The van der Waals surface area contributed by atoms with Gasteiger partial charge in [-0.2, -0.15) is 0 Å². The zero-order valence-electron chi connectivity index (χ0n) is 15.0. The molecule has 1 atom stereocenters. The first-order chi connectivity index (χ1) is 12.4. The Hall–Kier alpha value is -2.89. The van der Waals surface area contributed by atoms with Crippen LogP contribution in [-0.4, -0.2) is 25.5 Å². The van der Waals surface area contributed by atoms with Gasteiger partial charge in [0.15, 0.2) is 12.4 Å². The largest absolute Gasteiger partial charge is 0.479 e. The van der Waals surface area contributed by atoms with Crippen LogP contribution in [0.25, 0.3) is 0 Å². The average Bonchev–Trinajstić information content (AvgIpc) is 2.60. The van der Waals surface area contributed by atoms with E-state index in [1.54, 1.807) is 37.4 Å². The van der Waals surface area contributed by atoms with Crippen LogP contribution in [0.1, 0.15) is 25.3 Å². The van der Waals surface area contributed by atoms with Crippen LogP contribution in [0.4, 0.5) is 15.8 Å². The number of amides is 2. The van der Waals surface area contributed by atoms with E-state index in [2.05, 4.69) is 5.32 Å². The number of nitrogens with zero attached hydrogens (tertiary/aromatic N) is 1. The summed E-state index contributed by atoms with van der Waals surface area (Å²) in [5, 5.41) is 2.90. The lowest BCUT2D eigenvalue weighted by atomic mass is 9.87. The molecule has 0 saturated heterocycles. The first kappa shape index (κ1) is 17.9. The molecule has 6 heteroatoms. The van der Waals surface area contributed by atoms with Crippen molar-refractivity contribution in [2.45, 2.75) is 19.8 Å². The molecule has 0 aliphatic carbocycles. The van der Waals surface area contributed by atoms with Gasteiger partial charge >= 0.3 is 0 Å². The van der Waals surface area contributed by atoms with Gasteiger partial charge < -0.3 is 15.0 Å². The number of hydrogen-bond acceptors (Lipinski definition) is 3. The number of benzene rings is 2. The minimum absolute atomic E-state index is 0.0187. The Morgan fingerprint density at radius 2 is 1.88 bits per heavy atom. The smallest absolute Gasteiger partial charge is 0.264 e. The zero-order valence-corrected chi connectivity index (χ0v) is 15.0. The molecule has 0 aromatic heterocycles. The normalized spacial score (nSPS) is 14.7. The Morgan fingerprint density at radius 3 is 2.54 bits per heavy atom. The Labute approximate surface area is 151 Å². The molecular formula is C20H21FN2O3. The third-order valence-electron chi connectivity index (χ3n) is 4.51. The second-order valence-electron chi connectivity index (χ2n) is 6.66. The van der Waals surface area contributed by atoms with E-state index in [-0.39, 0.29) is 30.2 Å². The van der Waals surface area contributed by atoms with Crippen LogP contribution in [0, 0.1) is 11.7 Å². The quantitative estimate of drug-likeness (QED) is 0.911. The molecule has 26 heavy (non-hydrogen) atoms. The summed E-state index contributed by atoms with van der Waals surface area (Å²) in [6, 6.07) is 11.2. The number of fused-ring (bicyclic) bond motifs is 1. The zero-order chi connectivity index (χ0) is 18.8. The maximum Gasteiger partial charge on any atom is 0.264 e. The van der Waals surface area contributed by atoms with Crippen LogP contribution in [0.3, 0.4) is 0 Å². The van der Waals surface area contributed by atoms with Gasteiger partial charge in [0.1, 0.15) is 5.82 Å². The van der Waals surface area contributed by atoms with E-state index in [9.17, 15) is 14.0 Å². The predicted molar refractivity (Wildman–Crippen MR) is 98.0 cm³/mol. The van der Waals surface area contributed by atoms with Gasteiger partial charge in [0, 0.05) is 7.05 Å². The first-order valence-corrected chi connectivity index (χ1v) is 8.47. The number of ether oxygens (including phenoxy) is 1. The molecule has 2 aromatic carbocycles. The van der Waals surface area contributed by atoms with Crippen molar-refractivity contribution >= 4 is 23.2 Å². The average molecular weight is 356 g/mol. The van der Waals surface area contributed by atoms with E-state index in [0.717, 1.165) is 5.56 Å². The van der Waals surface area contributed by atoms with E-state index in [1.807, 2.05) is 13.8 Å². The summed E-state index contributed by atoms with van der Waals surface area (Å²) < 4.78 is 18.8. The maximum atomic E-state index is 13.2. The van der Waals surface area contributed by atoms with Gasteiger partial charge in [-0.3, -0.25) is 9.59 Å². The molecule has 1 N–H and O–H groups in total. The lowest BCUT2D eigenvalue weighted by Crippen LogP contribution is -2.36. The Bertz CT molecular complexity index is 833. The highest BCUT2D eigenvalue weighted by atomic mass is 19.1. The summed E-state index contributed by atoms with van der Waals surface area (Å²) in [6.07, 6.45) is 0. The fraction of sp³-hybridized carbons (Fsp3) is 0.300. The molecule has 1 heterocycles. The van der Waals surface area contributed by atoms with Gasteiger partial charge in [0.25, 0.3) is 5.91 Å². The summed E-state index contributed by atoms with van der Waals surface area (Å²) in [6.45, 7) is 3.82. The van der Waals surface area contributed by atoms with Crippen LogP contribution in [0.5, 0.6) is 5.75 Å². The molecule has 0 fully saturated rings. The molecule has 136 valence electrons. The molecule has 5 nitrogen and oxygen atoms in total. The van der Waals surface area contributed by atoms with Crippen molar-refractivity contribution in [3.8, 4) is 5.75 Å². The topological polar surface area (TPSA) is 58.6 Å². The van der Waals surface area contributed by atoms with Crippen LogP contribution >= 0.6 is 0 Å². The van der Waals surface area contributed by atoms with Crippen molar-refractivity contribution in [1.82, 2.24) is 0 Å². The van der Waals surface area contributed by atoms with Crippen LogP contribution in [0.2, 0.25) is 0 Å². The molecule has 0 bridgehead atoms. The first-order valence-electron chi connectivity index (χ1n) is 8.47. The van der Waals surface area contributed by atoms with Crippen molar-refractivity contribution < 1.29 is 18.7 Å². The fourth-order valence-corrected chi connectivity index (χ4v) is 3.12. The van der Waals surface area contributed by atoms with E-state index in [1.165, 1.54) is 17.0 Å². The molecule has 2 aromatic rings. The monoisotopic (exact) mass is 356 g/mol. The second-order valence-corrected chi connectivity index (χ2v) is 6.66. The van der Waals surface area contributed by atoms with Gasteiger partial charge in [-0.1, -0.05) is 32.0 Å². The summed E-state index contributed by atoms with van der Waals surface area (Å²) in [5.74, 6) is -0.630. The van der Waals surface area contributed by atoms with Crippen LogP contribution < -0.4 is 15.0 Å². The minimum atomic E-state index is -0.436. The molecule has 0 radical (unpaired) electrons. The number of likely N-dealkylation sites (N-methyl/N-ethyl adjacent to an activating group) is 1. The molecule has 0 spiro atoms. The number of halogens is 1. The van der Waals surface area contributed by atoms with Gasteiger partial charge in [-0.25, -0.2) is 4.39 Å². The number of anilines is 2. The maximum absolute atomic E-state index is 13.2. The predicted octanol–water partition coefficient (Wildman–Crippen LogP) is 3.56. The van der Waals surface area contributed by atoms with Gasteiger partial charge in [-0.05, 0) is 35.7 Å². The number of carbonyl (C=O) groups is 2. The lowest BCUT2D eigenvalue weighted by molar-refractivity contribution is -0.121. The molecule has 2 amide bonds. The van der Waals surface area contributed by atoms with Crippen LogP contribution in [-0.2, 0) is 9.59 Å². The van der Waals surface area contributed by atoms with Crippen molar-refractivity contribution in [2.75, 3.05) is 23.9 Å². The Kier molecular flexibility index (Phi) is 4.93. The third kappa shape index (κ3) is 3.40. The molecular weight excluding hydrogens is 335 g/mol. The van der Waals surface area contributed by atoms with Crippen molar-refractivity contribution in [3.05, 3.63) is 53.8 Å². The van der Waals surface area contributed by atoms with Gasteiger partial charge in [0.05, 0.1) is 17.3 Å². The van der Waals surface area contributed by atoms with E-state index >= 15 is 0 Å². The van der Waals surface area contributed by atoms with E-state index in [4.69, 9.17) is 4.74 Å². The number of rotatable bonds is 4. The van der Waals surface area contributed by atoms with Crippen LogP contribution in [0.15, 0.2) is 42.5 Å².